The van der Waals surface area contributed by atoms with Crippen molar-refractivity contribution in [1.82, 2.24) is 14.8 Å². The van der Waals surface area contributed by atoms with Gasteiger partial charge >= 0.3 is 0 Å². The highest BCUT2D eigenvalue weighted by Crippen LogP contribution is 2.42. The van der Waals surface area contributed by atoms with Gasteiger partial charge in [0.1, 0.15) is 12.6 Å². The number of H-pyrrole nitrogens is 1. The van der Waals surface area contributed by atoms with Crippen LogP contribution in [0.2, 0.25) is 0 Å². The van der Waals surface area contributed by atoms with Crippen molar-refractivity contribution in [3.63, 3.8) is 0 Å². The van der Waals surface area contributed by atoms with Crippen molar-refractivity contribution in [3.8, 4) is 0 Å². The Morgan fingerprint density at radius 2 is 1.69 bits per heavy atom. The van der Waals surface area contributed by atoms with E-state index in [1.165, 1.54) is 16.5 Å². The zero-order valence-electron chi connectivity index (χ0n) is 18.3. The van der Waals surface area contributed by atoms with Crippen molar-refractivity contribution < 1.29 is 9.59 Å². The minimum absolute atomic E-state index is 0.0986. The highest BCUT2D eigenvalue weighted by atomic mass is 16.2. The summed E-state index contributed by atoms with van der Waals surface area (Å²) in [6.07, 6.45) is 6.66. The molecular formula is C27H29N3O2. The lowest BCUT2D eigenvalue weighted by molar-refractivity contribution is -0.162. The molecule has 2 amide bonds. The highest BCUT2D eigenvalue weighted by molar-refractivity contribution is 5.97. The van der Waals surface area contributed by atoms with Gasteiger partial charge in [-0.05, 0) is 42.9 Å². The van der Waals surface area contributed by atoms with E-state index in [0.717, 1.165) is 49.7 Å². The number of rotatable bonds is 4. The third kappa shape index (κ3) is 3.14. The number of aromatic nitrogens is 1. The molecule has 0 bridgehead atoms. The molecule has 6 rings (SSSR count). The zero-order chi connectivity index (χ0) is 21.7. The number of aryl methyl sites for hydroxylation is 1. The first-order valence-corrected chi connectivity index (χ1v) is 12.0. The van der Waals surface area contributed by atoms with E-state index >= 15 is 0 Å². The number of benzene rings is 2. The highest BCUT2D eigenvalue weighted by Gasteiger charge is 2.48. The second kappa shape index (κ2) is 7.80. The molecule has 1 aliphatic carbocycles. The molecule has 1 saturated carbocycles. The van der Waals surface area contributed by atoms with E-state index in [4.69, 9.17) is 0 Å². The number of aromatic amines is 1. The van der Waals surface area contributed by atoms with Gasteiger partial charge in [0.25, 0.3) is 0 Å². The standard InChI is InChI=1S/C27H29N3O2/c31-25-17-29(19-10-4-5-11-19)27(32)24-16-21-20-12-6-7-13-22(20)28-26(21)23(30(24)25)15-14-18-8-2-1-3-9-18/h1-3,6-9,12-13,19,23-24,28H,4-5,10-11,14-17H2/t23-,24-/m0/s1. The molecule has 2 atom stereocenters. The van der Waals surface area contributed by atoms with Gasteiger partial charge in [-0.2, -0.15) is 0 Å². The van der Waals surface area contributed by atoms with E-state index in [1.807, 2.05) is 21.9 Å². The number of piperazine rings is 1. The maximum atomic E-state index is 13.7. The van der Waals surface area contributed by atoms with Crippen LogP contribution in [0.1, 0.15) is 55.0 Å². The predicted octanol–water partition coefficient (Wildman–Crippen LogP) is 4.38. The Bertz CT molecular complexity index is 1160. The molecule has 0 spiro atoms. The van der Waals surface area contributed by atoms with Crippen LogP contribution in [-0.2, 0) is 22.4 Å². The van der Waals surface area contributed by atoms with Gasteiger partial charge in [0, 0.05) is 29.1 Å². The molecule has 32 heavy (non-hydrogen) atoms. The molecular weight excluding hydrogens is 398 g/mol. The third-order valence-electron chi connectivity index (χ3n) is 7.73. The lowest BCUT2D eigenvalue weighted by atomic mass is 9.86. The fourth-order valence-corrected chi connectivity index (χ4v) is 6.18. The molecule has 5 nitrogen and oxygen atoms in total. The summed E-state index contributed by atoms with van der Waals surface area (Å²) in [7, 11) is 0. The lowest BCUT2D eigenvalue weighted by Crippen LogP contribution is -2.64. The zero-order valence-corrected chi connectivity index (χ0v) is 18.3. The number of hydrogen-bond acceptors (Lipinski definition) is 2. The lowest BCUT2D eigenvalue weighted by Gasteiger charge is -2.48. The van der Waals surface area contributed by atoms with Crippen LogP contribution in [-0.4, -0.2) is 45.2 Å². The number of carbonyl (C=O) groups excluding carboxylic acids is 2. The van der Waals surface area contributed by atoms with E-state index in [1.54, 1.807) is 0 Å². The van der Waals surface area contributed by atoms with Gasteiger partial charge in [0.05, 0.1) is 6.04 Å². The molecule has 2 fully saturated rings. The fourth-order valence-electron chi connectivity index (χ4n) is 6.18. The maximum absolute atomic E-state index is 13.7. The number of nitrogens with zero attached hydrogens (tertiary/aromatic N) is 2. The Balaban J connectivity index is 1.40. The van der Waals surface area contributed by atoms with Crippen LogP contribution < -0.4 is 0 Å². The monoisotopic (exact) mass is 427 g/mol. The second-order valence-electron chi connectivity index (χ2n) is 9.53. The van der Waals surface area contributed by atoms with Gasteiger partial charge in [0.2, 0.25) is 11.8 Å². The van der Waals surface area contributed by atoms with Crippen molar-refractivity contribution in [3.05, 3.63) is 71.4 Å². The number of para-hydroxylation sites is 1. The first-order valence-electron chi connectivity index (χ1n) is 12.0. The van der Waals surface area contributed by atoms with Crippen molar-refractivity contribution >= 4 is 22.7 Å². The topological polar surface area (TPSA) is 56.4 Å². The van der Waals surface area contributed by atoms with Crippen LogP contribution in [0.5, 0.6) is 0 Å². The van der Waals surface area contributed by atoms with Gasteiger partial charge in [-0.15, -0.1) is 0 Å². The molecule has 0 unspecified atom stereocenters. The Labute approximate surface area is 188 Å². The Kier molecular flexibility index (Phi) is 4.78. The first kappa shape index (κ1) is 19.6. The first-order chi connectivity index (χ1) is 15.7. The number of hydrogen-bond donors (Lipinski definition) is 1. The fraction of sp³-hybridized carbons (Fsp3) is 0.407. The van der Waals surface area contributed by atoms with Gasteiger partial charge in [-0.25, -0.2) is 0 Å². The molecule has 3 aromatic rings. The minimum atomic E-state index is -0.385. The van der Waals surface area contributed by atoms with Crippen molar-refractivity contribution in [2.24, 2.45) is 0 Å². The quantitative estimate of drug-likeness (QED) is 0.672. The largest absolute Gasteiger partial charge is 0.356 e. The van der Waals surface area contributed by atoms with Crippen molar-refractivity contribution in [2.75, 3.05) is 6.54 Å². The molecule has 3 heterocycles. The van der Waals surface area contributed by atoms with Gasteiger partial charge in [-0.3, -0.25) is 9.59 Å². The van der Waals surface area contributed by atoms with Crippen LogP contribution >= 0.6 is 0 Å². The summed E-state index contributed by atoms with van der Waals surface area (Å²) >= 11 is 0. The molecule has 164 valence electrons. The second-order valence-corrected chi connectivity index (χ2v) is 9.53. The number of nitrogens with one attached hydrogen (secondary N) is 1. The van der Waals surface area contributed by atoms with E-state index in [9.17, 15) is 9.59 Å². The average Bonchev–Trinajstić information content (AvgIpc) is 3.48. The number of carbonyl (C=O) groups is 2. The maximum Gasteiger partial charge on any atom is 0.246 e. The predicted molar refractivity (Wildman–Crippen MR) is 124 cm³/mol. The van der Waals surface area contributed by atoms with Crippen LogP contribution in [0.15, 0.2) is 54.6 Å². The van der Waals surface area contributed by atoms with Crippen molar-refractivity contribution in [1.29, 1.82) is 0 Å². The number of fused-ring (bicyclic) bond motifs is 4. The summed E-state index contributed by atoms with van der Waals surface area (Å²) in [5.41, 5.74) is 4.69. The molecule has 1 saturated heterocycles. The van der Waals surface area contributed by atoms with Crippen molar-refractivity contribution in [2.45, 2.75) is 63.1 Å². The summed E-state index contributed by atoms with van der Waals surface area (Å²) < 4.78 is 0. The Hall–Kier alpha value is -3.08. The van der Waals surface area contributed by atoms with E-state index < -0.39 is 0 Å². The summed E-state index contributed by atoms with van der Waals surface area (Å²) in [6.45, 7) is 0.234. The van der Waals surface area contributed by atoms with Crippen LogP contribution in [0.25, 0.3) is 10.9 Å². The van der Waals surface area contributed by atoms with Gasteiger partial charge in [-0.1, -0.05) is 61.4 Å². The van der Waals surface area contributed by atoms with Crippen LogP contribution in [0.3, 0.4) is 0 Å². The van der Waals surface area contributed by atoms with E-state index in [0.29, 0.717) is 6.42 Å². The summed E-state index contributed by atoms with van der Waals surface area (Å²) in [5, 5.41) is 1.19. The van der Waals surface area contributed by atoms with E-state index in [-0.39, 0.29) is 36.5 Å². The summed E-state index contributed by atoms with van der Waals surface area (Å²) in [6, 6.07) is 18.5. The SMILES string of the molecule is O=C1[C@@H]2Cc3c([nH]c4ccccc34)[C@H](CCc3ccccc3)N2C(=O)CN1C1CCCC1. The Morgan fingerprint density at radius 1 is 0.938 bits per heavy atom. The molecule has 5 heteroatoms. The third-order valence-corrected chi connectivity index (χ3v) is 7.73. The van der Waals surface area contributed by atoms with E-state index in [2.05, 4.69) is 47.4 Å². The smallest absolute Gasteiger partial charge is 0.246 e. The molecule has 2 aromatic carbocycles. The number of amides is 2. The van der Waals surface area contributed by atoms with Gasteiger partial charge in [0.15, 0.2) is 0 Å². The molecule has 0 radical (unpaired) electrons. The molecule has 3 aliphatic rings. The minimum Gasteiger partial charge on any atom is -0.356 e. The summed E-state index contributed by atoms with van der Waals surface area (Å²) in [5.74, 6) is 0.251. The molecule has 1 aromatic heterocycles. The van der Waals surface area contributed by atoms with Gasteiger partial charge < -0.3 is 14.8 Å². The Morgan fingerprint density at radius 3 is 2.50 bits per heavy atom. The molecule has 2 aliphatic heterocycles. The molecule has 1 N–H and O–H groups in total. The van der Waals surface area contributed by atoms with Crippen LogP contribution in [0.4, 0.5) is 0 Å². The summed E-state index contributed by atoms with van der Waals surface area (Å²) in [4.78, 5) is 34.7. The normalized spacial score (nSPS) is 23.6. The van der Waals surface area contributed by atoms with Crippen LogP contribution in [0, 0.1) is 0 Å². The average molecular weight is 428 g/mol.